The number of allylic oxidation sites excluding steroid dienone is 2. The number of fused-ring (bicyclic) bond motifs is 2. The molecule has 0 radical (unpaired) electrons. The summed E-state index contributed by atoms with van der Waals surface area (Å²) >= 11 is 9.01. The van der Waals surface area contributed by atoms with Crippen LogP contribution in [0.25, 0.3) is 0 Å². The lowest BCUT2D eigenvalue weighted by molar-refractivity contribution is -0.141. The van der Waals surface area contributed by atoms with Crippen LogP contribution < -0.4 is 15.4 Å². The van der Waals surface area contributed by atoms with Crippen molar-refractivity contribution in [3.63, 3.8) is 0 Å². The summed E-state index contributed by atoms with van der Waals surface area (Å²) in [6, 6.07) is -0.582. The zero-order chi connectivity index (χ0) is 30.7. The van der Waals surface area contributed by atoms with Crippen molar-refractivity contribution in [1.82, 2.24) is 25.2 Å². The molecule has 0 aromatic carbocycles. The lowest BCUT2D eigenvalue weighted by Gasteiger charge is -2.30. The van der Waals surface area contributed by atoms with Crippen LogP contribution in [-0.2, 0) is 29.1 Å². The van der Waals surface area contributed by atoms with E-state index in [2.05, 4.69) is 42.8 Å². The summed E-state index contributed by atoms with van der Waals surface area (Å²) in [7, 11) is -4.35. The van der Waals surface area contributed by atoms with Crippen LogP contribution in [0, 0.1) is 5.92 Å². The number of ether oxygens (including phenoxy) is 1. The summed E-state index contributed by atoms with van der Waals surface area (Å²) in [4.78, 5) is 58.0. The highest BCUT2D eigenvalue weighted by molar-refractivity contribution is 9.10. The van der Waals surface area contributed by atoms with Gasteiger partial charge >= 0.3 is 6.09 Å². The van der Waals surface area contributed by atoms with E-state index in [4.69, 9.17) is 16.3 Å². The van der Waals surface area contributed by atoms with Gasteiger partial charge in [-0.15, -0.1) is 0 Å². The Balaban J connectivity index is 1.57. The quantitative estimate of drug-likeness (QED) is 0.241. The molecule has 15 heteroatoms. The minimum atomic E-state index is -4.35. The Morgan fingerprint density at radius 1 is 1.24 bits per heavy atom. The number of nitrogens with one attached hydrogen (secondary N) is 3. The van der Waals surface area contributed by atoms with Gasteiger partial charge in [-0.3, -0.25) is 14.4 Å². The molecular weight excluding hydrogens is 654 g/mol. The Morgan fingerprint density at radius 3 is 2.71 bits per heavy atom. The lowest BCUT2D eigenvalue weighted by Crippen LogP contribution is -2.58. The van der Waals surface area contributed by atoms with Crippen LogP contribution in [0.3, 0.4) is 0 Å². The average molecular weight is 687 g/mol. The summed E-state index contributed by atoms with van der Waals surface area (Å²) in [6.45, 7) is 5.35. The number of sulfonamides is 1. The SMILES string of the molecule is C=C(C)OC(=O)N[C@H]1CCCCC/C=C\[C@@H]2C[C@@]2(C(=O)NS(=O)(=O)c2cnc(Cl)c(Br)c2)NC(=O)[C@@H]2CCCN2C1=O. The summed E-state index contributed by atoms with van der Waals surface area (Å²) in [5.41, 5.74) is -1.52. The van der Waals surface area contributed by atoms with Crippen LogP contribution in [0.1, 0.15) is 58.3 Å². The Morgan fingerprint density at radius 2 is 2.00 bits per heavy atom. The second kappa shape index (κ2) is 13.1. The molecule has 0 bridgehead atoms. The van der Waals surface area contributed by atoms with Gasteiger partial charge in [-0.2, -0.15) is 0 Å². The van der Waals surface area contributed by atoms with Crippen molar-refractivity contribution in [1.29, 1.82) is 0 Å². The molecule has 1 aromatic rings. The predicted octanol–water partition coefficient (Wildman–Crippen LogP) is 3.32. The number of rotatable bonds is 5. The normalized spacial score (nSPS) is 27.3. The van der Waals surface area contributed by atoms with Gasteiger partial charge in [0, 0.05) is 18.7 Å². The van der Waals surface area contributed by atoms with Crippen molar-refractivity contribution in [2.75, 3.05) is 6.54 Å². The molecule has 228 valence electrons. The van der Waals surface area contributed by atoms with Crippen molar-refractivity contribution in [3.05, 3.63) is 46.4 Å². The first-order chi connectivity index (χ1) is 19.8. The van der Waals surface area contributed by atoms with Gasteiger partial charge in [0.1, 0.15) is 27.7 Å². The van der Waals surface area contributed by atoms with Gasteiger partial charge in [-0.25, -0.2) is 22.9 Å². The third-order valence-electron chi connectivity index (χ3n) is 7.50. The van der Waals surface area contributed by atoms with Crippen LogP contribution in [0.5, 0.6) is 0 Å². The first kappa shape index (κ1) is 32.0. The summed E-state index contributed by atoms with van der Waals surface area (Å²) in [6.07, 6.45) is 8.32. The van der Waals surface area contributed by atoms with Crippen LogP contribution in [0.2, 0.25) is 5.15 Å². The topological polar surface area (TPSA) is 164 Å². The minimum Gasteiger partial charge on any atom is -0.416 e. The highest BCUT2D eigenvalue weighted by Crippen LogP contribution is 2.46. The van der Waals surface area contributed by atoms with E-state index in [0.717, 1.165) is 19.0 Å². The monoisotopic (exact) mass is 685 g/mol. The van der Waals surface area contributed by atoms with Crippen LogP contribution in [-0.4, -0.2) is 66.3 Å². The number of amides is 4. The standard InChI is InChI=1S/C27H33BrClN5O7S/c1-16(2)41-26(38)31-20-10-7-5-3-4-6-9-17-14-27(17,32-23(35)21-11-8-12-34(21)24(20)36)25(37)33-42(39,40)18-13-19(28)22(29)30-15-18/h6,9,13,15,17,20-21H,1,3-5,7-8,10-12,14H2,2H3,(H,31,38)(H,32,35)(H,33,37)/b9-6-/t17-,20+,21+,27-/m1/s1. The molecule has 3 aliphatic rings. The van der Waals surface area contributed by atoms with E-state index in [9.17, 15) is 27.6 Å². The summed E-state index contributed by atoms with van der Waals surface area (Å²) < 4.78 is 33.4. The second-order valence-electron chi connectivity index (χ2n) is 10.7. The number of pyridine rings is 1. The molecule has 1 saturated carbocycles. The van der Waals surface area contributed by atoms with Gasteiger partial charge < -0.3 is 20.3 Å². The van der Waals surface area contributed by atoms with E-state index >= 15 is 0 Å². The van der Waals surface area contributed by atoms with Crippen molar-refractivity contribution in [3.8, 4) is 0 Å². The fraction of sp³-hybridized carbons (Fsp3) is 0.519. The molecule has 3 N–H and O–H groups in total. The molecule has 42 heavy (non-hydrogen) atoms. The molecule has 12 nitrogen and oxygen atoms in total. The van der Waals surface area contributed by atoms with Gasteiger partial charge in [0.2, 0.25) is 11.8 Å². The van der Waals surface area contributed by atoms with Crippen LogP contribution in [0.15, 0.2) is 46.1 Å². The number of hydrogen-bond donors (Lipinski definition) is 3. The maximum atomic E-state index is 13.6. The molecular formula is C27H33BrClN5O7S. The molecule has 1 saturated heterocycles. The van der Waals surface area contributed by atoms with Crippen molar-refractivity contribution in [2.24, 2.45) is 5.92 Å². The summed E-state index contributed by atoms with van der Waals surface area (Å²) in [5.74, 6) is -2.15. The van der Waals surface area contributed by atoms with Gasteiger partial charge in [0.15, 0.2) is 0 Å². The maximum absolute atomic E-state index is 13.6. The second-order valence-corrected chi connectivity index (χ2v) is 13.6. The minimum absolute atomic E-state index is 0.0566. The number of alkyl carbamates (subject to hydrolysis) is 1. The Labute approximate surface area is 257 Å². The molecule has 1 aliphatic carbocycles. The number of aromatic nitrogens is 1. The smallest absolute Gasteiger partial charge is 0.412 e. The Bertz CT molecular complexity index is 1420. The third kappa shape index (κ3) is 7.32. The molecule has 4 rings (SSSR count). The van der Waals surface area contributed by atoms with Gasteiger partial charge in [0.05, 0.1) is 10.2 Å². The molecule has 2 aliphatic heterocycles. The van der Waals surface area contributed by atoms with E-state index < -0.39 is 57.4 Å². The fourth-order valence-corrected chi connectivity index (χ4v) is 6.86. The third-order valence-corrected chi connectivity index (χ3v) is 9.93. The molecule has 0 spiro atoms. The van der Waals surface area contributed by atoms with E-state index in [-0.39, 0.29) is 26.7 Å². The highest BCUT2D eigenvalue weighted by atomic mass is 79.9. The molecule has 4 amide bonds. The molecule has 0 unspecified atom stereocenters. The average Bonchev–Trinajstić information content (AvgIpc) is 3.37. The van der Waals surface area contributed by atoms with Gasteiger partial charge in [-0.05, 0) is 67.4 Å². The molecule has 3 heterocycles. The molecule has 2 fully saturated rings. The largest absolute Gasteiger partial charge is 0.416 e. The number of hydrogen-bond acceptors (Lipinski definition) is 8. The zero-order valence-corrected chi connectivity index (χ0v) is 26.2. The molecule has 1 aromatic heterocycles. The lowest BCUT2D eigenvalue weighted by atomic mass is 10.1. The Hall–Kier alpha value is -2.97. The maximum Gasteiger partial charge on any atom is 0.412 e. The zero-order valence-electron chi connectivity index (χ0n) is 23.0. The Kier molecular flexibility index (Phi) is 9.99. The van der Waals surface area contributed by atoms with Gasteiger partial charge in [0.25, 0.3) is 15.9 Å². The van der Waals surface area contributed by atoms with Gasteiger partial charge in [-0.1, -0.05) is 43.2 Å². The number of halogens is 2. The number of nitrogens with zero attached hydrogens (tertiary/aromatic N) is 2. The van der Waals surface area contributed by atoms with E-state index in [0.29, 0.717) is 38.6 Å². The summed E-state index contributed by atoms with van der Waals surface area (Å²) in [5, 5.41) is 5.44. The van der Waals surface area contributed by atoms with Crippen molar-refractivity contribution in [2.45, 2.75) is 80.8 Å². The fourth-order valence-electron chi connectivity index (χ4n) is 5.25. The van der Waals surface area contributed by atoms with Crippen molar-refractivity contribution < 1.29 is 32.3 Å². The first-order valence-electron chi connectivity index (χ1n) is 13.7. The number of carbonyl (C=O) groups excluding carboxylic acids is 4. The van der Waals surface area contributed by atoms with E-state index in [1.807, 2.05) is 12.2 Å². The number of carbonyl (C=O) groups is 4. The van der Waals surface area contributed by atoms with Crippen LogP contribution >= 0.6 is 27.5 Å². The molecule has 4 atom stereocenters. The first-order valence-corrected chi connectivity index (χ1v) is 16.3. The van der Waals surface area contributed by atoms with E-state index in [1.165, 1.54) is 17.9 Å². The van der Waals surface area contributed by atoms with E-state index in [1.54, 1.807) is 0 Å². The predicted molar refractivity (Wildman–Crippen MR) is 156 cm³/mol. The van der Waals surface area contributed by atoms with Crippen molar-refractivity contribution >= 4 is 61.4 Å². The highest BCUT2D eigenvalue weighted by Gasteiger charge is 2.61. The van der Waals surface area contributed by atoms with Crippen LogP contribution in [0.4, 0.5) is 4.79 Å².